The Labute approximate surface area is 120 Å². The summed E-state index contributed by atoms with van der Waals surface area (Å²) in [6.45, 7) is 3.25. The molecule has 0 amide bonds. The lowest BCUT2D eigenvalue weighted by atomic mass is 9.82. The fraction of sp³-hybridized carbons (Fsp3) is 0.385. The van der Waals surface area contributed by atoms with E-state index in [0.717, 1.165) is 12.1 Å². The summed E-state index contributed by atoms with van der Waals surface area (Å²) in [7, 11) is 0. The minimum absolute atomic E-state index is 0.0330. The van der Waals surface area contributed by atoms with Crippen LogP contribution in [0.3, 0.4) is 0 Å². The maximum absolute atomic E-state index is 14.0. The molecule has 0 aliphatic carbocycles. The highest BCUT2D eigenvalue weighted by molar-refractivity contribution is 7.81. The average molecular weight is 299 g/mol. The van der Waals surface area contributed by atoms with Gasteiger partial charge < -0.3 is 5.11 Å². The third-order valence-electron chi connectivity index (χ3n) is 3.25. The maximum Gasteiger partial charge on any atom is 0.137 e. The van der Waals surface area contributed by atoms with Crippen LogP contribution in [0.1, 0.15) is 19.4 Å². The van der Waals surface area contributed by atoms with Crippen LogP contribution in [0, 0.1) is 11.6 Å². The summed E-state index contributed by atoms with van der Waals surface area (Å²) in [4.78, 5) is 3.78. The van der Waals surface area contributed by atoms with Crippen molar-refractivity contribution in [2.45, 2.75) is 30.7 Å². The van der Waals surface area contributed by atoms with Gasteiger partial charge in [0.2, 0.25) is 0 Å². The third kappa shape index (κ3) is 2.69. The maximum atomic E-state index is 14.0. The van der Waals surface area contributed by atoms with E-state index in [0.29, 0.717) is 0 Å². The van der Waals surface area contributed by atoms with Crippen molar-refractivity contribution in [3.63, 3.8) is 0 Å². The lowest BCUT2D eigenvalue weighted by molar-refractivity contribution is -0.0162. The standard InChI is InChI=1S/C13H15F2N3OS/c1-12(2,20)13(19,6-18-8-16-7-17-18)10-4-3-9(14)5-11(10)15/h3-5,7-8,19-20H,6H2,1-2H3. The van der Waals surface area contributed by atoms with E-state index >= 15 is 0 Å². The molecule has 20 heavy (non-hydrogen) atoms. The number of halogens is 2. The molecule has 0 spiro atoms. The smallest absolute Gasteiger partial charge is 0.137 e. The van der Waals surface area contributed by atoms with Crippen LogP contribution in [-0.4, -0.2) is 24.6 Å². The highest BCUT2D eigenvalue weighted by Gasteiger charge is 2.45. The number of nitrogens with zero attached hydrogens (tertiary/aromatic N) is 3. The van der Waals surface area contributed by atoms with Crippen molar-refractivity contribution in [2.75, 3.05) is 0 Å². The minimum Gasteiger partial charge on any atom is -0.382 e. The van der Waals surface area contributed by atoms with E-state index in [1.54, 1.807) is 13.8 Å². The quantitative estimate of drug-likeness (QED) is 0.851. The van der Waals surface area contributed by atoms with Gasteiger partial charge in [0, 0.05) is 16.4 Å². The molecule has 0 fully saturated rings. The summed E-state index contributed by atoms with van der Waals surface area (Å²) >= 11 is 4.36. The molecular formula is C13H15F2N3OS. The summed E-state index contributed by atoms with van der Waals surface area (Å²) in [6, 6.07) is 3.06. The van der Waals surface area contributed by atoms with Crippen molar-refractivity contribution in [1.82, 2.24) is 14.8 Å². The number of thiol groups is 1. The first-order chi connectivity index (χ1) is 9.24. The molecule has 1 N–H and O–H groups in total. The lowest BCUT2D eigenvalue weighted by Crippen LogP contribution is -2.47. The monoisotopic (exact) mass is 299 g/mol. The van der Waals surface area contributed by atoms with Gasteiger partial charge in [0.1, 0.15) is 29.9 Å². The van der Waals surface area contributed by atoms with E-state index in [9.17, 15) is 13.9 Å². The van der Waals surface area contributed by atoms with Crippen LogP contribution in [0.4, 0.5) is 8.78 Å². The number of benzene rings is 1. The van der Waals surface area contributed by atoms with E-state index < -0.39 is 22.0 Å². The molecule has 108 valence electrons. The van der Waals surface area contributed by atoms with E-state index in [-0.39, 0.29) is 12.1 Å². The first-order valence-corrected chi connectivity index (χ1v) is 6.41. The largest absolute Gasteiger partial charge is 0.382 e. The molecule has 0 saturated carbocycles. The second-order valence-electron chi connectivity index (χ2n) is 5.14. The van der Waals surface area contributed by atoms with E-state index in [2.05, 4.69) is 22.7 Å². The Kier molecular flexibility index (Phi) is 3.84. The molecule has 1 heterocycles. The molecule has 1 aromatic carbocycles. The van der Waals surface area contributed by atoms with Crippen molar-refractivity contribution in [3.8, 4) is 0 Å². The molecule has 1 atom stereocenters. The molecule has 0 aliphatic heterocycles. The summed E-state index contributed by atoms with van der Waals surface area (Å²) in [5, 5.41) is 14.8. The van der Waals surface area contributed by atoms with Gasteiger partial charge in [-0.25, -0.2) is 18.4 Å². The third-order valence-corrected chi connectivity index (χ3v) is 3.62. The van der Waals surface area contributed by atoms with Gasteiger partial charge >= 0.3 is 0 Å². The lowest BCUT2D eigenvalue weighted by Gasteiger charge is -2.39. The Morgan fingerprint density at radius 1 is 1.35 bits per heavy atom. The van der Waals surface area contributed by atoms with Crippen molar-refractivity contribution < 1.29 is 13.9 Å². The molecule has 0 radical (unpaired) electrons. The SMILES string of the molecule is CC(C)(S)C(O)(Cn1cncn1)c1ccc(F)cc1F. The van der Waals surface area contributed by atoms with Gasteiger partial charge in [-0.3, -0.25) is 0 Å². The van der Waals surface area contributed by atoms with Gasteiger partial charge in [-0.05, 0) is 19.9 Å². The predicted octanol–water partition coefficient (Wildman–Crippen LogP) is 2.15. The Morgan fingerprint density at radius 3 is 2.55 bits per heavy atom. The van der Waals surface area contributed by atoms with Gasteiger partial charge in [0.05, 0.1) is 6.54 Å². The number of aromatic nitrogens is 3. The topological polar surface area (TPSA) is 50.9 Å². The number of rotatable bonds is 4. The fourth-order valence-corrected chi connectivity index (χ4v) is 2.17. The van der Waals surface area contributed by atoms with Crippen LogP contribution >= 0.6 is 12.6 Å². The van der Waals surface area contributed by atoms with Crippen molar-refractivity contribution in [2.24, 2.45) is 0 Å². The summed E-state index contributed by atoms with van der Waals surface area (Å²) in [6.07, 6.45) is 2.72. The molecule has 1 unspecified atom stereocenters. The molecular weight excluding hydrogens is 284 g/mol. The van der Waals surface area contributed by atoms with Gasteiger partial charge in [-0.2, -0.15) is 17.7 Å². The highest BCUT2D eigenvalue weighted by atomic mass is 32.1. The van der Waals surface area contributed by atoms with E-state index in [4.69, 9.17) is 0 Å². The van der Waals surface area contributed by atoms with Crippen LogP contribution in [0.25, 0.3) is 0 Å². The zero-order chi connectivity index (χ0) is 15.0. The van der Waals surface area contributed by atoms with Crippen LogP contribution in [0.2, 0.25) is 0 Å². The molecule has 4 nitrogen and oxygen atoms in total. The number of hydrogen-bond acceptors (Lipinski definition) is 4. The molecule has 0 bridgehead atoms. The van der Waals surface area contributed by atoms with Crippen molar-refractivity contribution in [1.29, 1.82) is 0 Å². The summed E-state index contributed by atoms with van der Waals surface area (Å²) < 4.78 is 27.5. The van der Waals surface area contributed by atoms with Gasteiger partial charge in [-0.1, -0.05) is 6.07 Å². The van der Waals surface area contributed by atoms with Gasteiger partial charge in [-0.15, -0.1) is 0 Å². The Balaban J connectivity index is 2.52. The van der Waals surface area contributed by atoms with Gasteiger partial charge in [0.15, 0.2) is 0 Å². The highest BCUT2D eigenvalue weighted by Crippen LogP contribution is 2.40. The Hall–Kier alpha value is -1.47. The zero-order valence-electron chi connectivity index (χ0n) is 11.1. The van der Waals surface area contributed by atoms with E-state index in [1.807, 2.05) is 0 Å². The van der Waals surface area contributed by atoms with Crippen molar-refractivity contribution >= 4 is 12.6 Å². The van der Waals surface area contributed by atoms with Gasteiger partial charge in [0.25, 0.3) is 0 Å². The zero-order valence-corrected chi connectivity index (χ0v) is 12.0. The normalized spacial score (nSPS) is 15.1. The first kappa shape index (κ1) is 14.9. The van der Waals surface area contributed by atoms with Crippen LogP contribution in [0.5, 0.6) is 0 Å². The number of aliphatic hydroxyl groups is 1. The molecule has 2 rings (SSSR count). The van der Waals surface area contributed by atoms with E-state index in [1.165, 1.54) is 23.4 Å². The molecule has 7 heteroatoms. The minimum atomic E-state index is -1.68. The van der Waals surface area contributed by atoms with Crippen LogP contribution < -0.4 is 0 Å². The molecule has 0 saturated heterocycles. The average Bonchev–Trinajstić information content (AvgIpc) is 2.79. The van der Waals surface area contributed by atoms with Crippen molar-refractivity contribution in [3.05, 3.63) is 48.1 Å². The van der Waals surface area contributed by atoms with Crippen LogP contribution in [0.15, 0.2) is 30.9 Å². The summed E-state index contributed by atoms with van der Waals surface area (Å²) in [5.41, 5.74) is -1.71. The molecule has 1 aromatic heterocycles. The predicted molar refractivity (Wildman–Crippen MR) is 73.3 cm³/mol. The fourth-order valence-electron chi connectivity index (χ4n) is 1.98. The summed E-state index contributed by atoms with van der Waals surface area (Å²) in [5.74, 6) is -1.53. The first-order valence-electron chi connectivity index (χ1n) is 5.97. The molecule has 0 aliphatic rings. The van der Waals surface area contributed by atoms with Crippen LogP contribution in [-0.2, 0) is 12.1 Å². The Bertz CT molecular complexity index is 598. The second kappa shape index (κ2) is 5.14. The second-order valence-corrected chi connectivity index (χ2v) is 6.25. The Morgan fingerprint density at radius 2 is 2.05 bits per heavy atom. The number of hydrogen-bond donors (Lipinski definition) is 2. The molecule has 2 aromatic rings.